The van der Waals surface area contributed by atoms with Crippen LogP contribution in [0, 0.1) is 17.7 Å². The van der Waals surface area contributed by atoms with Crippen molar-refractivity contribution in [3.63, 3.8) is 0 Å². The minimum Gasteiger partial charge on any atom is -0.469 e. The molecule has 0 unspecified atom stereocenters. The zero-order valence-electron chi connectivity index (χ0n) is 15.1. The second-order valence-corrected chi connectivity index (χ2v) is 6.77. The van der Waals surface area contributed by atoms with Crippen LogP contribution in [-0.2, 0) is 9.53 Å². The molecule has 3 rings (SSSR count). The Bertz CT molecular complexity index is 804. The third-order valence-corrected chi connectivity index (χ3v) is 4.85. The molecular weight excluding hydrogens is 337 g/mol. The summed E-state index contributed by atoms with van der Waals surface area (Å²) < 4.78 is 20.8. The molecule has 0 saturated carbocycles. The van der Waals surface area contributed by atoms with Gasteiger partial charge < -0.3 is 9.64 Å². The summed E-state index contributed by atoms with van der Waals surface area (Å²) in [6.45, 7) is 4.38. The van der Waals surface area contributed by atoms with Crippen LogP contribution < -0.4 is 0 Å². The highest BCUT2D eigenvalue weighted by Gasteiger charge is 2.43. The van der Waals surface area contributed by atoms with Gasteiger partial charge in [-0.25, -0.2) is 9.07 Å². The number of likely N-dealkylation sites (tertiary alicyclic amines) is 1. The number of ether oxygens (including phenoxy) is 1. The number of hydrogen-bond acceptors (Lipinski definition) is 4. The molecule has 7 heteroatoms. The summed E-state index contributed by atoms with van der Waals surface area (Å²) in [5.41, 5.74) is 0.537. The summed E-state index contributed by atoms with van der Waals surface area (Å²) in [7, 11) is 1.35. The van der Waals surface area contributed by atoms with Gasteiger partial charge in [0.05, 0.1) is 13.0 Å². The molecule has 2 atom stereocenters. The Balaban J connectivity index is 1.87. The standard InChI is InChI=1S/C19H22FN3O3/c1-12(2)17-14(19(25)26-3)7-10-22(17)18(24)13-5-6-16(15(20)11-13)23-9-4-8-21-23/h4-6,8-9,11-12,14,17H,7,10H2,1-3H3/t14-,17-/m0/s1. The number of methoxy groups -OCH3 is 1. The van der Waals surface area contributed by atoms with E-state index in [0.717, 1.165) is 0 Å². The maximum atomic E-state index is 14.5. The van der Waals surface area contributed by atoms with Crippen molar-refractivity contribution in [2.24, 2.45) is 11.8 Å². The molecule has 26 heavy (non-hydrogen) atoms. The fraction of sp³-hybridized carbons (Fsp3) is 0.421. The summed E-state index contributed by atoms with van der Waals surface area (Å²) >= 11 is 0. The van der Waals surface area contributed by atoms with Crippen LogP contribution in [0.2, 0.25) is 0 Å². The second-order valence-electron chi connectivity index (χ2n) is 6.77. The number of nitrogens with zero attached hydrogens (tertiary/aromatic N) is 3. The zero-order valence-corrected chi connectivity index (χ0v) is 15.1. The minimum atomic E-state index is -0.524. The fourth-order valence-corrected chi connectivity index (χ4v) is 3.69. The van der Waals surface area contributed by atoms with Gasteiger partial charge in [0.15, 0.2) is 0 Å². The molecule has 0 aliphatic carbocycles. The summed E-state index contributed by atoms with van der Waals surface area (Å²) in [4.78, 5) is 26.6. The smallest absolute Gasteiger partial charge is 0.310 e. The van der Waals surface area contributed by atoms with Gasteiger partial charge in [-0.3, -0.25) is 9.59 Å². The van der Waals surface area contributed by atoms with Crippen LogP contribution in [0.4, 0.5) is 4.39 Å². The molecule has 2 aromatic rings. The predicted octanol–water partition coefficient (Wildman–Crippen LogP) is 2.67. The Labute approximate surface area is 151 Å². The zero-order chi connectivity index (χ0) is 18.8. The van der Waals surface area contributed by atoms with E-state index in [0.29, 0.717) is 13.0 Å². The van der Waals surface area contributed by atoms with E-state index >= 15 is 0 Å². The largest absolute Gasteiger partial charge is 0.469 e. The quantitative estimate of drug-likeness (QED) is 0.788. The molecule has 0 spiro atoms. The van der Waals surface area contributed by atoms with Crippen molar-refractivity contribution in [3.8, 4) is 5.69 Å². The fourth-order valence-electron chi connectivity index (χ4n) is 3.69. The molecule has 1 amide bonds. The van der Waals surface area contributed by atoms with Crippen molar-refractivity contribution in [1.82, 2.24) is 14.7 Å². The maximum absolute atomic E-state index is 14.5. The topological polar surface area (TPSA) is 64.4 Å². The van der Waals surface area contributed by atoms with E-state index in [9.17, 15) is 14.0 Å². The van der Waals surface area contributed by atoms with Gasteiger partial charge in [-0.15, -0.1) is 0 Å². The molecule has 1 aromatic heterocycles. The lowest BCUT2D eigenvalue weighted by Crippen LogP contribution is -2.43. The molecular formula is C19H22FN3O3. The van der Waals surface area contributed by atoms with Crippen LogP contribution in [-0.4, -0.2) is 46.3 Å². The molecule has 1 aliphatic heterocycles. The van der Waals surface area contributed by atoms with Crippen molar-refractivity contribution >= 4 is 11.9 Å². The Morgan fingerprint density at radius 2 is 2.12 bits per heavy atom. The Morgan fingerprint density at radius 1 is 1.35 bits per heavy atom. The molecule has 138 valence electrons. The predicted molar refractivity (Wildman–Crippen MR) is 93.3 cm³/mol. The number of carbonyl (C=O) groups excluding carboxylic acids is 2. The van der Waals surface area contributed by atoms with Gasteiger partial charge >= 0.3 is 5.97 Å². The Kier molecular flexibility index (Phi) is 5.06. The highest BCUT2D eigenvalue weighted by Crippen LogP contribution is 2.32. The average molecular weight is 359 g/mol. The van der Waals surface area contributed by atoms with Crippen LogP contribution in [0.25, 0.3) is 5.69 Å². The van der Waals surface area contributed by atoms with Crippen LogP contribution in [0.1, 0.15) is 30.6 Å². The maximum Gasteiger partial charge on any atom is 0.310 e. The third-order valence-electron chi connectivity index (χ3n) is 4.85. The molecule has 2 heterocycles. The molecule has 1 fully saturated rings. The first-order chi connectivity index (χ1) is 12.4. The van der Waals surface area contributed by atoms with E-state index in [1.165, 1.54) is 23.9 Å². The Hall–Kier alpha value is -2.70. The van der Waals surface area contributed by atoms with Crippen molar-refractivity contribution < 1.29 is 18.7 Å². The van der Waals surface area contributed by atoms with Gasteiger partial charge in [0.2, 0.25) is 0 Å². The van der Waals surface area contributed by atoms with Gasteiger partial charge in [0.1, 0.15) is 11.5 Å². The summed E-state index contributed by atoms with van der Waals surface area (Å²) in [6.07, 6.45) is 3.74. The van der Waals surface area contributed by atoms with Crippen LogP contribution >= 0.6 is 0 Å². The van der Waals surface area contributed by atoms with E-state index in [4.69, 9.17) is 4.74 Å². The van der Waals surface area contributed by atoms with Crippen molar-refractivity contribution in [2.75, 3.05) is 13.7 Å². The molecule has 0 radical (unpaired) electrons. The lowest BCUT2D eigenvalue weighted by atomic mass is 9.91. The van der Waals surface area contributed by atoms with E-state index in [1.54, 1.807) is 29.4 Å². The summed E-state index contributed by atoms with van der Waals surface area (Å²) in [6, 6.07) is 5.79. The monoisotopic (exact) mass is 359 g/mol. The molecule has 1 aliphatic rings. The normalized spacial score (nSPS) is 19.8. The summed E-state index contributed by atoms with van der Waals surface area (Å²) in [5, 5.41) is 4.00. The highest BCUT2D eigenvalue weighted by atomic mass is 19.1. The van der Waals surface area contributed by atoms with Gasteiger partial charge in [-0.1, -0.05) is 13.8 Å². The van der Waals surface area contributed by atoms with Crippen LogP contribution in [0.3, 0.4) is 0 Å². The SMILES string of the molecule is COC(=O)[C@H]1CCN(C(=O)c2ccc(-n3cccn3)c(F)c2)[C@H]1C(C)C. The third kappa shape index (κ3) is 3.21. The van der Waals surface area contributed by atoms with Crippen molar-refractivity contribution in [3.05, 3.63) is 48.0 Å². The number of aromatic nitrogens is 2. The highest BCUT2D eigenvalue weighted by molar-refractivity contribution is 5.95. The molecule has 6 nitrogen and oxygen atoms in total. The Morgan fingerprint density at radius 3 is 2.69 bits per heavy atom. The first-order valence-electron chi connectivity index (χ1n) is 8.62. The number of rotatable bonds is 4. The summed E-state index contributed by atoms with van der Waals surface area (Å²) in [5.74, 6) is -1.37. The van der Waals surface area contributed by atoms with Crippen LogP contribution in [0.15, 0.2) is 36.7 Å². The van der Waals surface area contributed by atoms with Crippen molar-refractivity contribution in [2.45, 2.75) is 26.3 Å². The number of carbonyl (C=O) groups is 2. The van der Waals surface area contributed by atoms with Gasteiger partial charge in [0.25, 0.3) is 5.91 Å². The van der Waals surface area contributed by atoms with Crippen LogP contribution in [0.5, 0.6) is 0 Å². The van der Waals surface area contributed by atoms with E-state index in [2.05, 4.69) is 5.10 Å². The first kappa shape index (κ1) is 18.1. The van der Waals surface area contributed by atoms with E-state index in [1.807, 2.05) is 13.8 Å². The molecule has 1 saturated heterocycles. The molecule has 1 aromatic carbocycles. The lowest BCUT2D eigenvalue weighted by molar-refractivity contribution is -0.146. The number of esters is 1. The number of amides is 1. The van der Waals surface area contributed by atoms with Gasteiger partial charge in [-0.05, 0) is 36.6 Å². The van der Waals surface area contributed by atoms with Crippen molar-refractivity contribution in [1.29, 1.82) is 0 Å². The van der Waals surface area contributed by atoms with Gasteiger partial charge in [-0.2, -0.15) is 5.10 Å². The molecule has 0 bridgehead atoms. The second kappa shape index (κ2) is 7.27. The van der Waals surface area contributed by atoms with E-state index < -0.39 is 5.82 Å². The number of halogens is 1. The first-order valence-corrected chi connectivity index (χ1v) is 8.62. The average Bonchev–Trinajstić information content (AvgIpc) is 3.29. The molecule has 0 N–H and O–H groups in total. The van der Waals surface area contributed by atoms with Gasteiger partial charge in [0, 0.05) is 30.5 Å². The number of hydrogen-bond donors (Lipinski definition) is 0. The minimum absolute atomic E-state index is 0.0822. The van der Waals surface area contributed by atoms with E-state index in [-0.39, 0.29) is 41.0 Å². The number of benzene rings is 1. The lowest BCUT2D eigenvalue weighted by Gasteiger charge is -2.30.